The van der Waals surface area contributed by atoms with Crippen LogP contribution in [0.3, 0.4) is 0 Å². The van der Waals surface area contributed by atoms with Crippen molar-refractivity contribution >= 4 is 5.91 Å². The van der Waals surface area contributed by atoms with E-state index in [1.807, 2.05) is 13.8 Å². The molecule has 0 radical (unpaired) electrons. The zero-order valence-electron chi connectivity index (χ0n) is 11.9. The molecule has 21 heavy (non-hydrogen) atoms. The molecular formula is C15H17F3N2O. The number of halogens is 3. The number of carbonyl (C=O) groups is 1. The van der Waals surface area contributed by atoms with Crippen LogP contribution in [0.5, 0.6) is 0 Å². The lowest BCUT2D eigenvalue weighted by Crippen LogP contribution is -2.53. The molecule has 0 aliphatic carbocycles. The van der Waals surface area contributed by atoms with E-state index >= 15 is 0 Å². The van der Waals surface area contributed by atoms with E-state index in [9.17, 15) is 18.0 Å². The SMILES string of the molecule is CC(C)[C@@H]1NCCN2C(=O)c3c(cccc3C(F)(F)F)[C@H]12. The summed E-state index contributed by atoms with van der Waals surface area (Å²) in [6, 6.07) is 3.71. The fourth-order valence-corrected chi connectivity index (χ4v) is 3.42. The van der Waals surface area contributed by atoms with Crippen molar-refractivity contribution in [2.45, 2.75) is 32.1 Å². The largest absolute Gasteiger partial charge is 0.417 e. The second-order valence-electron chi connectivity index (χ2n) is 5.93. The summed E-state index contributed by atoms with van der Waals surface area (Å²) in [6.07, 6.45) is -4.50. The predicted molar refractivity (Wildman–Crippen MR) is 71.9 cm³/mol. The summed E-state index contributed by atoms with van der Waals surface area (Å²) < 4.78 is 39.5. The minimum Gasteiger partial charge on any atom is -0.329 e. The molecule has 6 heteroatoms. The van der Waals surface area contributed by atoms with Gasteiger partial charge >= 0.3 is 6.18 Å². The van der Waals surface area contributed by atoms with Gasteiger partial charge in [0.25, 0.3) is 5.91 Å². The molecule has 1 amide bonds. The number of nitrogens with zero attached hydrogens (tertiary/aromatic N) is 1. The van der Waals surface area contributed by atoms with E-state index in [-0.39, 0.29) is 23.6 Å². The first-order valence-corrected chi connectivity index (χ1v) is 7.07. The molecular weight excluding hydrogens is 281 g/mol. The predicted octanol–water partition coefficient (Wildman–Crippen LogP) is 2.83. The van der Waals surface area contributed by atoms with E-state index < -0.39 is 17.6 Å². The maximum absolute atomic E-state index is 13.2. The summed E-state index contributed by atoms with van der Waals surface area (Å²) in [7, 11) is 0. The number of piperazine rings is 1. The van der Waals surface area contributed by atoms with Gasteiger partial charge in [0, 0.05) is 19.1 Å². The van der Waals surface area contributed by atoms with Gasteiger partial charge in [0.2, 0.25) is 0 Å². The molecule has 2 aliphatic heterocycles. The van der Waals surface area contributed by atoms with Crippen molar-refractivity contribution in [3.05, 3.63) is 34.9 Å². The van der Waals surface area contributed by atoms with Crippen LogP contribution in [0.15, 0.2) is 18.2 Å². The number of fused-ring (bicyclic) bond motifs is 3. The Hall–Kier alpha value is -1.56. The van der Waals surface area contributed by atoms with Gasteiger partial charge in [0.05, 0.1) is 17.2 Å². The number of nitrogens with one attached hydrogen (secondary N) is 1. The van der Waals surface area contributed by atoms with Crippen LogP contribution in [0.25, 0.3) is 0 Å². The van der Waals surface area contributed by atoms with Gasteiger partial charge in [-0.05, 0) is 17.5 Å². The van der Waals surface area contributed by atoms with Gasteiger partial charge in [-0.25, -0.2) is 0 Å². The summed E-state index contributed by atoms with van der Waals surface area (Å²) in [6.45, 7) is 5.08. The van der Waals surface area contributed by atoms with Gasteiger partial charge in [-0.2, -0.15) is 13.2 Å². The minimum atomic E-state index is -4.50. The first-order valence-electron chi connectivity index (χ1n) is 7.07. The van der Waals surface area contributed by atoms with Crippen LogP contribution in [0.4, 0.5) is 13.2 Å². The van der Waals surface area contributed by atoms with Crippen molar-refractivity contribution in [1.82, 2.24) is 10.2 Å². The van der Waals surface area contributed by atoms with Gasteiger partial charge in [-0.1, -0.05) is 26.0 Å². The van der Waals surface area contributed by atoms with Crippen molar-refractivity contribution in [1.29, 1.82) is 0 Å². The number of benzene rings is 1. The van der Waals surface area contributed by atoms with E-state index in [1.165, 1.54) is 6.07 Å². The molecule has 1 saturated heterocycles. The second kappa shape index (κ2) is 4.73. The van der Waals surface area contributed by atoms with E-state index in [0.29, 0.717) is 18.7 Å². The third-order valence-corrected chi connectivity index (χ3v) is 4.32. The molecule has 1 aromatic carbocycles. The van der Waals surface area contributed by atoms with Crippen LogP contribution in [0.2, 0.25) is 0 Å². The number of hydrogen-bond acceptors (Lipinski definition) is 2. The van der Waals surface area contributed by atoms with E-state index in [4.69, 9.17) is 0 Å². The number of amides is 1. The summed E-state index contributed by atoms with van der Waals surface area (Å²) in [5, 5.41) is 3.33. The van der Waals surface area contributed by atoms with E-state index in [1.54, 1.807) is 11.0 Å². The van der Waals surface area contributed by atoms with E-state index in [2.05, 4.69) is 5.32 Å². The molecule has 3 nitrogen and oxygen atoms in total. The van der Waals surface area contributed by atoms with Crippen molar-refractivity contribution in [2.75, 3.05) is 13.1 Å². The zero-order valence-corrected chi connectivity index (χ0v) is 11.9. The lowest BCUT2D eigenvalue weighted by Gasteiger charge is -2.40. The molecule has 1 fully saturated rings. The average molecular weight is 298 g/mol. The molecule has 2 atom stereocenters. The molecule has 0 bridgehead atoms. The Labute approximate surface area is 121 Å². The molecule has 114 valence electrons. The number of rotatable bonds is 1. The van der Waals surface area contributed by atoms with Gasteiger partial charge in [0.15, 0.2) is 0 Å². The van der Waals surface area contributed by atoms with Crippen LogP contribution in [-0.2, 0) is 6.18 Å². The quantitative estimate of drug-likeness (QED) is 0.864. The summed E-state index contributed by atoms with van der Waals surface area (Å²) in [4.78, 5) is 14.0. The number of hydrogen-bond donors (Lipinski definition) is 1. The lowest BCUT2D eigenvalue weighted by atomic mass is 9.88. The van der Waals surface area contributed by atoms with Crippen LogP contribution < -0.4 is 5.32 Å². The van der Waals surface area contributed by atoms with Gasteiger partial charge in [-0.3, -0.25) is 4.79 Å². The van der Waals surface area contributed by atoms with Gasteiger partial charge < -0.3 is 10.2 Å². The van der Waals surface area contributed by atoms with Gasteiger partial charge in [0.1, 0.15) is 0 Å². The zero-order chi connectivity index (χ0) is 15.4. The van der Waals surface area contributed by atoms with Crippen molar-refractivity contribution < 1.29 is 18.0 Å². The van der Waals surface area contributed by atoms with Crippen LogP contribution in [0.1, 0.15) is 41.4 Å². The highest BCUT2D eigenvalue weighted by Gasteiger charge is 2.48. The maximum Gasteiger partial charge on any atom is 0.417 e. The monoisotopic (exact) mass is 298 g/mol. The highest BCUT2D eigenvalue weighted by molar-refractivity contribution is 6.01. The molecule has 0 spiro atoms. The molecule has 1 N–H and O–H groups in total. The number of carbonyl (C=O) groups excluding carboxylic acids is 1. The average Bonchev–Trinajstić information content (AvgIpc) is 2.71. The first-order chi connectivity index (χ1) is 9.82. The third kappa shape index (κ3) is 2.12. The molecule has 3 rings (SSSR count). The second-order valence-corrected chi connectivity index (χ2v) is 5.93. The molecule has 0 aromatic heterocycles. The summed E-state index contributed by atoms with van der Waals surface area (Å²) >= 11 is 0. The normalized spacial score (nSPS) is 25.2. The molecule has 1 aromatic rings. The Balaban J connectivity index is 2.16. The maximum atomic E-state index is 13.2. The first kappa shape index (κ1) is 14.4. The van der Waals surface area contributed by atoms with Crippen LogP contribution in [-0.4, -0.2) is 29.9 Å². The minimum absolute atomic E-state index is 0.0209. The lowest BCUT2D eigenvalue weighted by molar-refractivity contribution is -0.137. The van der Waals surface area contributed by atoms with Crippen LogP contribution >= 0.6 is 0 Å². The third-order valence-electron chi connectivity index (χ3n) is 4.32. The summed E-state index contributed by atoms with van der Waals surface area (Å²) in [5.74, 6) is -0.263. The standard InChI is InChI=1S/C15H17F3N2O/c1-8(2)12-13-9-4-3-5-10(15(16,17)18)11(9)14(21)20(13)7-6-19-12/h3-5,8,12-13,19H,6-7H2,1-2H3/t12-,13+/m0/s1. The Morgan fingerprint density at radius 2 is 2.05 bits per heavy atom. The Bertz CT molecular complexity index is 583. The smallest absolute Gasteiger partial charge is 0.329 e. The van der Waals surface area contributed by atoms with Crippen LogP contribution in [0, 0.1) is 5.92 Å². The fourth-order valence-electron chi connectivity index (χ4n) is 3.42. The summed E-state index contributed by atoms with van der Waals surface area (Å²) in [5.41, 5.74) is -0.480. The Kier molecular flexibility index (Phi) is 3.24. The highest BCUT2D eigenvalue weighted by Crippen LogP contribution is 2.44. The topological polar surface area (TPSA) is 32.3 Å². The van der Waals surface area contributed by atoms with Crippen molar-refractivity contribution in [3.63, 3.8) is 0 Å². The Morgan fingerprint density at radius 3 is 2.67 bits per heavy atom. The molecule has 0 saturated carbocycles. The van der Waals surface area contributed by atoms with Crippen molar-refractivity contribution in [3.8, 4) is 0 Å². The molecule has 2 aliphatic rings. The Morgan fingerprint density at radius 1 is 1.33 bits per heavy atom. The number of alkyl halides is 3. The van der Waals surface area contributed by atoms with Crippen molar-refractivity contribution in [2.24, 2.45) is 5.92 Å². The highest BCUT2D eigenvalue weighted by atomic mass is 19.4. The van der Waals surface area contributed by atoms with E-state index in [0.717, 1.165) is 6.07 Å². The van der Waals surface area contributed by atoms with Gasteiger partial charge in [-0.15, -0.1) is 0 Å². The molecule has 2 heterocycles. The fraction of sp³-hybridized carbons (Fsp3) is 0.533. The molecule has 0 unspecified atom stereocenters.